The standard InChI is InChI=1S/C17H20N2O3/c1-12-8-9-16(22-3)14(10-12)19-17(20)11-18-13-6-4-5-7-15(13)21-2/h4-10,18H,11H2,1-3H3,(H,19,20). The van der Waals surface area contributed by atoms with Gasteiger partial charge in [0.1, 0.15) is 11.5 Å². The lowest BCUT2D eigenvalue weighted by atomic mass is 10.2. The fourth-order valence-electron chi connectivity index (χ4n) is 2.08. The van der Waals surface area contributed by atoms with Gasteiger partial charge < -0.3 is 20.1 Å². The summed E-state index contributed by atoms with van der Waals surface area (Å²) in [5.74, 6) is 1.18. The third-order valence-corrected chi connectivity index (χ3v) is 3.18. The molecule has 22 heavy (non-hydrogen) atoms. The lowest BCUT2D eigenvalue weighted by molar-refractivity contribution is -0.114. The molecule has 116 valence electrons. The molecule has 0 aliphatic carbocycles. The van der Waals surface area contributed by atoms with Crippen LogP contribution in [0.3, 0.4) is 0 Å². The number of hydrogen-bond acceptors (Lipinski definition) is 4. The molecule has 2 N–H and O–H groups in total. The molecule has 1 amide bonds. The van der Waals surface area contributed by atoms with Crippen molar-refractivity contribution in [1.82, 2.24) is 0 Å². The molecule has 0 unspecified atom stereocenters. The largest absolute Gasteiger partial charge is 0.495 e. The van der Waals surface area contributed by atoms with E-state index in [4.69, 9.17) is 9.47 Å². The molecular weight excluding hydrogens is 280 g/mol. The lowest BCUT2D eigenvalue weighted by Crippen LogP contribution is -2.22. The molecule has 0 aliphatic rings. The van der Waals surface area contributed by atoms with Crippen LogP contribution in [0.1, 0.15) is 5.56 Å². The Bertz CT molecular complexity index is 656. The van der Waals surface area contributed by atoms with Crippen LogP contribution in [0.4, 0.5) is 11.4 Å². The first-order valence-electron chi connectivity index (χ1n) is 6.95. The van der Waals surface area contributed by atoms with Crippen LogP contribution in [0, 0.1) is 6.92 Å². The predicted molar refractivity (Wildman–Crippen MR) is 87.8 cm³/mol. The van der Waals surface area contributed by atoms with Gasteiger partial charge in [-0.1, -0.05) is 18.2 Å². The number of ether oxygens (including phenoxy) is 2. The summed E-state index contributed by atoms with van der Waals surface area (Å²) in [5.41, 5.74) is 2.49. The van der Waals surface area contributed by atoms with Crippen molar-refractivity contribution < 1.29 is 14.3 Å². The fraction of sp³-hybridized carbons (Fsp3) is 0.235. The summed E-state index contributed by atoms with van der Waals surface area (Å²) in [6, 6.07) is 13.1. The number of carbonyl (C=O) groups excluding carboxylic acids is 1. The highest BCUT2D eigenvalue weighted by molar-refractivity contribution is 5.95. The summed E-state index contributed by atoms with van der Waals surface area (Å²) < 4.78 is 10.5. The van der Waals surface area contributed by atoms with E-state index in [1.807, 2.05) is 49.4 Å². The van der Waals surface area contributed by atoms with E-state index in [1.165, 1.54) is 0 Å². The van der Waals surface area contributed by atoms with Crippen LogP contribution in [-0.2, 0) is 4.79 Å². The lowest BCUT2D eigenvalue weighted by Gasteiger charge is -2.13. The van der Waals surface area contributed by atoms with Crippen LogP contribution in [0.2, 0.25) is 0 Å². The average molecular weight is 300 g/mol. The first kappa shape index (κ1) is 15.7. The van der Waals surface area contributed by atoms with E-state index >= 15 is 0 Å². The van der Waals surface area contributed by atoms with Gasteiger partial charge in [-0.15, -0.1) is 0 Å². The Morgan fingerprint density at radius 2 is 1.68 bits per heavy atom. The molecule has 0 atom stereocenters. The molecule has 5 heteroatoms. The molecule has 0 saturated heterocycles. The van der Waals surface area contributed by atoms with E-state index in [9.17, 15) is 4.79 Å². The van der Waals surface area contributed by atoms with Crippen LogP contribution in [0.15, 0.2) is 42.5 Å². The molecule has 0 spiro atoms. The Balaban J connectivity index is 2.00. The minimum absolute atomic E-state index is 0.136. The molecule has 2 aromatic rings. The van der Waals surface area contributed by atoms with Crippen molar-refractivity contribution >= 4 is 17.3 Å². The maximum atomic E-state index is 12.1. The van der Waals surface area contributed by atoms with Gasteiger partial charge in [0.2, 0.25) is 5.91 Å². The summed E-state index contributed by atoms with van der Waals surface area (Å²) in [6.45, 7) is 2.10. The minimum Gasteiger partial charge on any atom is -0.495 e. The van der Waals surface area contributed by atoms with Gasteiger partial charge in [-0.2, -0.15) is 0 Å². The van der Waals surface area contributed by atoms with Crippen LogP contribution < -0.4 is 20.1 Å². The molecule has 0 heterocycles. The smallest absolute Gasteiger partial charge is 0.243 e. The van der Waals surface area contributed by atoms with Crippen molar-refractivity contribution in [2.24, 2.45) is 0 Å². The Hall–Kier alpha value is -2.69. The van der Waals surface area contributed by atoms with Crippen molar-refractivity contribution in [3.8, 4) is 11.5 Å². The maximum absolute atomic E-state index is 12.1. The van der Waals surface area contributed by atoms with Gasteiger partial charge in [0.25, 0.3) is 0 Å². The van der Waals surface area contributed by atoms with E-state index < -0.39 is 0 Å². The molecule has 0 fully saturated rings. The van der Waals surface area contributed by atoms with Crippen molar-refractivity contribution in [3.63, 3.8) is 0 Å². The number of hydrogen-bond donors (Lipinski definition) is 2. The number of methoxy groups -OCH3 is 2. The zero-order valence-corrected chi connectivity index (χ0v) is 13.0. The van der Waals surface area contributed by atoms with Crippen LogP contribution in [-0.4, -0.2) is 26.7 Å². The molecule has 2 rings (SSSR count). The number of anilines is 2. The van der Waals surface area contributed by atoms with E-state index in [1.54, 1.807) is 14.2 Å². The van der Waals surface area contributed by atoms with Gasteiger partial charge in [-0.05, 0) is 36.8 Å². The van der Waals surface area contributed by atoms with Gasteiger partial charge >= 0.3 is 0 Å². The highest BCUT2D eigenvalue weighted by Crippen LogP contribution is 2.25. The summed E-state index contributed by atoms with van der Waals surface area (Å²) in [4.78, 5) is 12.1. The number of rotatable bonds is 6. The van der Waals surface area contributed by atoms with Crippen LogP contribution >= 0.6 is 0 Å². The van der Waals surface area contributed by atoms with Crippen LogP contribution in [0.25, 0.3) is 0 Å². The van der Waals surface area contributed by atoms with Gasteiger partial charge in [-0.25, -0.2) is 0 Å². The van der Waals surface area contributed by atoms with Crippen molar-refractivity contribution in [2.75, 3.05) is 31.4 Å². The topological polar surface area (TPSA) is 59.6 Å². The number of amides is 1. The third kappa shape index (κ3) is 3.91. The monoisotopic (exact) mass is 300 g/mol. The molecule has 0 radical (unpaired) electrons. The molecular formula is C17H20N2O3. The van der Waals surface area contributed by atoms with Gasteiger partial charge in [0.15, 0.2) is 0 Å². The van der Waals surface area contributed by atoms with E-state index in [2.05, 4.69) is 10.6 Å². The van der Waals surface area contributed by atoms with Gasteiger partial charge in [0.05, 0.1) is 32.1 Å². The fourth-order valence-corrected chi connectivity index (χ4v) is 2.08. The highest BCUT2D eigenvalue weighted by atomic mass is 16.5. The number of nitrogens with one attached hydrogen (secondary N) is 2. The zero-order chi connectivity index (χ0) is 15.9. The molecule has 2 aromatic carbocycles. The summed E-state index contributed by atoms with van der Waals surface area (Å²) in [5, 5.41) is 5.90. The van der Waals surface area contributed by atoms with Crippen molar-refractivity contribution in [1.29, 1.82) is 0 Å². The second-order valence-corrected chi connectivity index (χ2v) is 4.81. The maximum Gasteiger partial charge on any atom is 0.243 e. The van der Waals surface area contributed by atoms with E-state index in [0.29, 0.717) is 17.2 Å². The Labute approximate surface area is 130 Å². The summed E-state index contributed by atoms with van der Waals surface area (Å²) in [6.07, 6.45) is 0. The summed E-state index contributed by atoms with van der Waals surface area (Å²) >= 11 is 0. The number of benzene rings is 2. The molecule has 0 aromatic heterocycles. The predicted octanol–water partition coefficient (Wildman–Crippen LogP) is 3.06. The Morgan fingerprint density at radius 3 is 2.41 bits per heavy atom. The molecule has 0 bridgehead atoms. The minimum atomic E-state index is -0.158. The third-order valence-electron chi connectivity index (χ3n) is 3.18. The number of carbonyl (C=O) groups is 1. The zero-order valence-electron chi connectivity index (χ0n) is 13.0. The average Bonchev–Trinajstić information content (AvgIpc) is 2.53. The first-order valence-corrected chi connectivity index (χ1v) is 6.95. The van der Waals surface area contributed by atoms with E-state index in [-0.39, 0.29) is 12.5 Å². The first-order chi connectivity index (χ1) is 10.6. The molecule has 0 saturated carbocycles. The SMILES string of the molecule is COc1ccccc1NCC(=O)Nc1cc(C)ccc1OC. The van der Waals surface area contributed by atoms with Crippen LogP contribution in [0.5, 0.6) is 11.5 Å². The second-order valence-electron chi connectivity index (χ2n) is 4.81. The second kappa shape index (κ2) is 7.36. The number of para-hydroxylation sites is 2. The van der Waals surface area contributed by atoms with Crippen molar-refractivity contribution in [3.05, 3.63) is 48.0 Å². The normalized spacial score (nSPS) is 9.95. The molecule has 0 aliphatic heterocycles. The van der Waals surface area contributed by atoms with Gasteiger partial charge in [0, 0.05) is 0 Å². The highest BCUT2D eigenvalue weighted by Gasteiger charge is 2.09. The van der Waals surface area contributed by atoms with Crippen molar-refractivity contribution in [2.45, 2.75) is 6.92 Å². The molecule has 5 nitrogen and oxygen atoms in total. The number of aryl methyl sites for hydroxylation is 1. The van der Waals surface area contributed by atoms with E-state index in [0.717, 1.165) is 11.3 Å². The quantitative estimate of drug-likeness (QED) is 0.861. The Kier molecular flexibility index (Phi) is 5.25. The van der Waals surface area contributed by atoms with Gasteiger partial charge in [-0.3, -0.25) is 4.79 Å². The summed E-state index contributed by atoms with van der Waals surface area (Å²) in [7, 11) is 3.17. The Morgan fingerprint density at radius 1 is 1.00 bits per heavy atom.